The lowest BCUT2D eigenvalue weighted by atomic mass is 9.85. The molecule has 2 rings (SSSR count). The Morgan fingerprint density at radius 1 is 0.825 bits per heavy atom. The van der Waals surface area contributed by atoms with E-state index in [1.807, 2.05) is 0 Å². The summed E-state index contributed by atoms with van der Waals surface area (Å²) in [4.78, 5) is 65.4. The van der Waals surface area contributed by atoms with Crippen molar-refractivity contribution in [3.05, 3.63) is 23.8 Å². The van der Waals surface area contributed by atoms with Gasteiger partial charge in [0.1, 0.15) is 12.1 Å². The number of carbonyl (C=O) groups is 5. The number of hydrogen-bond acceptors (Lipinski definition) is 18. The van der Waals surface area contributed by atoms with Gasteiger partial charge in [0.05, 0.1) is 49.1 Å². The van der Waals surface area contributed by atoms with Gasteiger partial charge in [-0.2, -0.15) is 16.8 Å². The highest BCUT2D eigenvalue weighted by molar-refractivity contribution is 7.96. The van der Waals surface area contributed by atoms with Crippen LogP contribution in [0.15, 0.2) is 12.4 Å². The molecule has 2 aromatic heterocycles. The first kappa shape index (κ1) is 48.8. The smallest absolute Gasteiger partial charge is 0.397 e. The molecule has 6 atom stereocenters. The minimum absolute atomic E-state index is 0.0468. The molecule has 2 unspecified atom stereocenters. The first-order valence-electron chi connectivity index (χ1n) is 16.7. The number of aromatic nitrogens is 6. The van der Waals surface area contributed by atoms with Crippen molar-refractivity contribution in [2.24, 2.45) is 5.41 Å². The van der Waals surface area contributed by atoms with Gasteiger partial charge >= 0.3 is 32.7 Å². The Morgan fingerprint density at radius 2 is 1.33 bits per heavy atom. The third-order valence-corrected chi connectivity index (χ3v) is 9.62. The van der Waals surface area contributed by atoms with Crippen LogP contribution in [0.2, 0.25) is 0 Å². The maximum atomic E-state index is 14.0. The van der Waals surface area contributed by atoms with Crippen LogP contribution in [-0.2, 0) is 66.2 Å². The lowest BCUT2D eigenvalue weighted by Gasteiger charge is -2.31. The summed E-state index contributed by atoms with van der Waals surface area (Å²) < 4.78 is 74.4. The van der Waals surface area contributed by atoms with E-state index in [1.165, 1.54) is 51.2 Å². The van der Waals surface area contributed by atoms with Crippen LogP contribution in [0, 0.1) is 5.41 Å². The normalized spacial score (nSPS) is 15.4. The molecule has 29 heteroatoms. The van der Waals surface area contributed by atoms with Crippen molar-refractivity contribution in [2.45, 2.75) is 89.8 Å². The van der Waals surface area contributed by atoms with Gasteiger partial charge in [0.2, 0.25) is 17.7 Å². The molecule has 26 nitrogen and oxygen atoms in total. The number of hydrogen-bond donors (Lipinski definition) is 9. The molecule has 0 radical (unpaired) electrons. The van der Waals surface area contributed by atoms with E-state index < -0.39 is 112 Å². The van der Waals surface area contributed by atoms with Crippen LogP contribution in [0.5, 0.6) is 0 Å². The molecule has 0 spiro atoms. The van der Waals surface area contributed by atoms with E-state index >= 15 is 0 Å². The zero-order valence-electron chi connectivity index (χ0n) is 31.5. The Balaban J connectivity index is 2.38. The zero-order chi connectivity index (χ0) is 43.3. The number of carboxylic acids is 2. The molecule has 0 aromatic carbocycles. The molecule has 9 N–H and O–H groups in total. The van der Waals surface area contributed by atoms with Crippen LogP contribution in [0.4, 0.5) is 0 Å². The summed E-state index contributed by atoms with van der Waals surface area (Å²) in [5.74, 6) is -7.16. The van der Waals surface area contributed by atoms with E-state index in [0.29, 0.717) is 5.69 Å². The van der Waals surface area contributed by atoms with E-state index in [4.69, 9.17) is 9.11 Å². The van der Waals surface area contributed by atoms with E-state index in [2.05, 4.69) is 55.0 Å². The molecule has 2 heterocycles. The molecule has 57 heavy (non-hydrogen) atoms. The van der Waals surface area contributed by atoms with Crippen molar-refractivity contribution in [2.75, 3.05) is 26.5 Å². The quantitative estimate of drug-likeness (QED) is 0.0263. The van der Waals surface area contributed by atoms with Crippen LogP contribution in [0.25, 0.3) is 0 Å². The SMILES string of the molecule is CN[C@@H](CC(C)c1cn(CCOS(=O)(=O)O)nn1)C(=O)N[C@@H](CC(C)(C)C(=O)O)C(=O)NC(C(=O)N[C@@H](NSC)C(=O)O)[C@@H](C)c1cn(CCOS(=O)(=O)O)nn1. The van der Waals surface area contributed by atoms with E-state index in [9.17, 15) is 51.0 Å². The molecule has 2 aromatic rings. The fraction of sp³-hybridized carbons (Fsp3) is 0.679. The van der Waals surface area contributed by atoms with Gasteiger partial charge in [-0.1, -0.05) is 36.2 Å². The summed E-state index contributed by atoms with van der Waals surface area (Å²) in [6, 6.07) is -4.22. The largest absolute Gasteiger partial charge is 0.481 e. The lowest BCUT2D eigenvalue weighted by Crippen LogP contribution is -2.60. The highest BCUT2D eigenvalue weighted by Crippen LogP contribution is 2.25. The second kappa shape index (κ2) is 21.4. The number of carbonyl (C=O) groups excluding carboxylic acids is 3. The van der Waals surface area contributed by atoms with Crippen LogP contribution in [0.3, 0.4) is 0 Å². The standard InChI is InChI=1S/C28H47N11O15S3/c1-15(19-13-38(36-33-19)7-9-53-56(47,48)49)11-17(29-5)23(40)30-18(12-28(3,4)27(45)46)24(41)31-21(25(42)32-22(26(43)44)35-55-6)16(2)20-14-39(37-34-20)8-10-54-57(50,51)52/h13-18,21-22,29,35H,7-12H2,1-6H3,(H,30,40)(H,31,41)(H,32,42)(H,43,44)(H,45,46)(H,47,48,49)(H,50,51,52)/t15?,16-,17-,18-,21?,22-/m0/s1. The molecule has 0 bridgehead atoms. The molecule has 0 fully saturated rings. The average Bonchev–Trinajstić information content (AvgIpc) is 3.77. The highest BCUT2D eigenvalue weighted by Gasteiger charge is 2.39. The summed E-state index contributed by atoms with van der Waals surface area (Å²) in [6.45, 7) is 4.47. The lowest BCUT2D eigenvalue weighted by molar-refractivity contribution is -0.148. The Labute approximate surface area is 331 Å². The number of aliphatic carboxylic acids is 2. The summed E-state index contributed by atoms with van der Waals surface area (Å²) in [5, 5.41) is 45.3. The number of likely N-dealkylation sites (N-methyl/N-ethyl adjacent to an activating group) is 1. The predicted molar refractivity (Wildman–Crippen MR) is 195 cm³/mol. The molecular formula is C28H47N11O15S3. The number of rotatable bonds is 26. The molecular weight excluding hydrogens is 827 g/mol. The maximum absolute atomic E-state index is 14.0. The fourth-order valence-corrected chi connectivity index (χ4v) is 5.96. The summed E-state index contributed by atoms with van der Waals surface area (Å²) >= 11 is 0.874. The van der Waals surface area contributed by atoms with Gasteiger partial charge < -0.3 is 31.5 Å². The maximum Gasteiger partial charge on any atom is 0.397 e. The topological polar surface area (TPSA) is 375 Å². The average molecular weight is 874 g/mol. The zero-order valence-corrected chi connectivity index (χ0v) is 34.0. The van der Waals surface area contributed by atoms with Gasteiger partial charge in [0.15, 0.2) is 6.17 Å². The van der Waals surface area contributed by atoms with Gasteiger partial charge in [-0.25, -0.2) is 27.2 Å². The summed E-state index contributed by atoms with van der Waals surface area (Å²) in [5.41, 5.74) is -1.18. The number of nitrogens with one attached hydrogen (secondary N) is 5. The fourth-order valence-electron chi connectivity index (χ4n) is 5.00. The number of carboxylic acid groups (broad SMARTS) is 2. The molecule has 0 aliphatic carbocycles. The van der Waals surface area contributed by atoms with Crippen LogP contribution in [-0.4, -0.2) is 147 Å². The second-order valence-corrected chi connectivity index (χ2v) is 15.9. The molecule has 322 valence electrons. The highest BCUT2D eigenvalue weighted by atomic mass is 32.3. The summed E-state index contributed by atoms with van der Waals surface area (Å²) in [7, 11) is -7.95. The first-order valence-corrected chi connectivity index (χ1v) is 20.7. The molecule has 0 aliphatic rings. The Bertz CT molecular complexity index is 1920. The Kier molecular flexibility index (Phi) is 18.3. The van der Waals surface area contributed by atoms with Crippen molar-refractivity contribution < 1.29 is 68.5 Å². The molecule has 0 saturated carbocycles. The van der Waals surface area contributed by atoms with Crippen molar-refractivity contribution in [1.82, 2.24) is 56.0 Å². The first-order chi connectivity index (χ1) is 26.4. The Morgan fingerprint density at radius 3 is 1.81 bits per heavy atom. The van der Waals surface area contributed by atoms with Crippen molar-refractivity contribution in [3.8, 4) is 0 Å². The minimum atomic E-state index is -4.75. The monoisotopic (exact) mass is 873 g/mol. The van der Waals surface area contributed by atoms with Gasteiger partial charge in [-0.15, -0.1) is 10.2 Å². The van der Waals surface area contributed by atoms with E-state index in [1.54, 1.807) is 6.92 Å². The molecule has 0 saturated heterocycles. The van der Waals surface area contributed by atoms with Gasteiger partial charge in [0.25, 0.3) is 0 Å². The molecule has 3 amide bonds. The van der Waals surface area contributed by atoms with E-state index in [-0.39, 0.29) is 25.2 Å². The third kappa shape index (κ3) is 16.6. The van der Waals surface area contributed by atoms with Crippen molar-refractivity contribution in [3.63, 3.8) is 0 Å². The van der Waals surface area contributed by atoms with Gasteiger partial charge in [-0.3, -0.25) is 28.3 Å². The number of nitrogens with zero attached hydrogens (tertiary/aromatic N) is 6. The van der Waals surface area contributed by atoms with Crippen LogP contribution >= 0.6 is 11.9 Å². The van der Waals surface area contributed by atoms with Gasteiger partial charge in [-0.05, 0) is 40.0 Å². The van der Waals surface area contributed by atoms with Crippen molar-refractivity contribution >= 4 is 62.4 Å². The number of amides is 3. The van der Waals surface area contributed by atoms with Crippen LogP contribution in [0.1, 0.15) is 63.8 Å². The van der Waals surface area contributed by atoms with Gasteiger partial charge in [0, 0.05) is 24.2 Å². The predicted octanol–water partition coefficient (Wildman–Crippen LogP) is -2.74. The Hall–Kier alpha value is -4.36. The van der Waals surface area contributed by atoms with E-state index in [0.717, 1.165) is 16.6 Å². The summed E-state index contributed by atoms with van der Waals surface area (Å²) in [6.07, 6.45) is 2.18. The minimum Gasteiger partial charge on any atom is -0.481 e. The second-order valence-electron chi connectivity index (χ2n) is 13.1. The van der Waals surface area contributed by atoms with Crippen LogP contribution < -0.4 is 26.0 Å². The molecule has 0 aliphatic heterocycles. The van der Waals surface area contributed by atoms with Crippen molar-refractivity contribution in [1.29, 1.82) is 0 Å². The third-order valence-electron chi connectivity index (χ3n) is 8.22.